The highest BCUT2D eigenvalue weighted by Crippen LogP contribution is 2.29. The summed E-state index contributed by atoms with van der Waals surface area (Å²) in [5.41, 5.74) is 1.34. The van der Waals surface area contributed by atoms with Gasteiger partial charge in [0.25, 0.3) is 17.7 Å². The second-order valence-electron chi connectivity index (χ2n) is 9.37. The number of aromatic nitrogens is 2. The van der Waals surface area contributed by atoms with Crippen molar-refractivity contribution in [3.8, 4) is 5.75 Å². The van der Waals surface area contributed by atoms with Crippen LogP contribution in [0.5, 0.6) is 5.75 Å². The van der Waals surface area contributed by atoms with E-state index in [0.29, 0.717) is 43.5 Å². The maximum atomic E-state index is 13.3. The summed E-state index contributed by atoms with van der Waals surface area (Å²) in [5.74, 6) is -2.57. The molecule has 9 nitrogen and oxygen atoms in total. The number of carbonyl (C=O) groups excluding carboxylic acids is 1. The van der Waals surface area contributed by atoms with E-state index in [0.717, 1.165) is 38.2 Å². The van der Waals surface area contributed by atoms with Crippen molar-refractivity contribution < 1.29 is 32.7 Å². The molecule has 3 heterocycles. The molecule has 1 aromatic heterocycles. The highest BCUT2D eigenvalue weighted by molar-refractivity contribution is 5.96. The van der Waals surface area contributed by atoms with Crippen molar-refractivity contribution in [1.29, 1.82) is 0 Å². The fraction of sp³-hybridized carbons (Fsp3) is 0.625. The number of benzene rings is 1. The molecule has 11 heteroatoms. The van der Waals surface area contributed by atoms with Crippen LogP contribution in [0.4, 0.5) is 14.7 Å². The van der Waals surface area contributed by atoms with Crippen LogP contribution >= 0.6 is 0 Å². The van der Waals surface area contributed by atoms with Gasteiger partial charge in [-0.25, -0.2) is 0 Å². The molecule has 1 amide bonds. The van der Waals surface area contributed by atoms with Crippen molar-refractivity contribution >= 4 is 11.9 Å². The minimum absolute atomic E-state index is 0.226. The molecular formula is C24H32F2N4O5. The number of piperidine rings is 1. The Bertz CT molecular complexity index is 1000. The van der Waals surface area contributed by atoms with Crippen LogP contribution < -0.4 is 15.0 Å². The molecule has 2 saturated heterocycles. The summed E-state index contributed by atoms with van der Waals surface area (Å²) < 4.78 is 42.3. The minimum atomic E-state index is -3.14. The van der Waals surface area contributed by atoms with Gasteiger partial charge in [0.1, 0.15) is 5.75 Å². The highest BCUT2D eigenvalue weighted by atomic mass is 19.3. The maximum Gasteiger partial charge on any atom is 0.322 e. The number of nitrogens with one attached hydrogen (secondary N) is 1. The largest absolute Gasteiger partial charge is 0.494 e. The number of aliphatic hydroxyl groups excluding tert-OH is 1. The molecule has 0 saturated carbocycles. The Morgan fingerprint density at radius 1 is 1.31 bits per heavy atom. The van der Waals surface area contributed by atoms with Crippen LogP contribution in [0.3, 0.4) is 0 Å². The molecule has 0 aliphatic carbocycles. The third-order valence-corrected chi connectivity index (χ3v) is 6.52. The Balaban J connectivity index is 1.17. The molecule has 35 heavy (non-hydrogen) atoms. The number of anilines is 1. The topological polar surface area (TPSA) is 110 Å². The van der Waals surface area contributed by atoms with Crippen molar-refractivity contribution in [3.63, 3.8) is 0 Å². The van der Waals surface area contributed by atoms with Crippen LogP contribution in [0.25, 0.3) is 0 Å². The van der Waals surface area contributed by atoms with E-state index in [2.05, 4.69) is 20.0 Å². The second kappa shape index (κ2) is 10.9. The predicted octanol–water partition coefficient (Wildman–Crippen LogP) is 3.05. The fourth-order valence-electron chi connectivity index (χ4n) is 4.41. The Labute approximate surface area is 202 Å². The zero-order valence-corrected chi connectivity index (χ0v) is 20.0. The van der Waals surface area contributed by atoms with Gasteiger partial charge in [-0.3, -0.25) is 4.79 Å². The van der Waals surface area contributed by atoms with Gasteiger partial charge in [0.2, 0.25) is 0 Å². The number of carbonyl (C=O) groups is 1. The third kappa shape index (κ3) is 6.46. The van der Waals surface area contributed by atoms with E-state index in [1.165, 1.54) is 0 Å². The Kier molecular flexibility index (Phi) is 7.85. The number of nitrogens with zero attached hydrogens (tertiary/aromatic N) is 3. The molecule has 2 N–H and O–H groups in total. The van der Waals surface area contributed by atoms with Crippen LogP contribution in [0.2, 0.25) is 0 Å². The molecule has 4 rings (SSSR count). The van der Waals surface area contributed by atoms with E-state index in [4.69, 9.17) is 9.47 Å². The molecule has 2 fully saturated rings. The first kappa shape index (κ1) is 25.3. The molecule has 0 unspecified atom stereocenters. The van der Waals surface area contributed by atoms with Gasteiger partial charge in [-0.2, -0.15) is 13.8 Å². The van der Waals surface area contributed by atoms with Crippen LogP contribution in [0, 0.1) is 12.8 Å². The highest BCUT2D eigenvalue weighted by Gasteiger charge is 2.33. The first-order chi connectivity index (χ1) is 16.7. The molecule has 0 bridgehead atoms. The molecule has 2 aromatic rings. The van der Waals surface area contributed by atoms with Crippen molar-refractivity contribution in [3.05, 3.63) is 35.2 Å². The number of hydrogen-bond donors (Lipinski definition) is 2. The molecule has 0 radical (unpaired) electrons. The maximum absolute atomic E-state index is 13.3. The quantitative estimate of drug-likeness (QED) is 0.512. The van der Waals surface area contributed by atoms with E-state index in [9.17, 15) is 18.7 Å². The number of ether oxygens (including phenoxy) is 2. The molecule has 2 atom stereocenters. The number of alkyl halides is 2. The van der Waals surface area contributed by atoms with Crippen LogP contribution in [-0.2, 0) is 10.7 Å². The number of halogens is 2. The summed E-state index contributed by atoms with van der Waals surface area (Å²) in [4.78, 5) is 18.2. The standard InChI is InChI=1S/C24H32F2N4O5/c1-15-12-17(5-6-18(15)21(32)27-19-13-33-14-20(19)31)34-11-3-4-16-7-9-30(10-8-16)23-28-22(35-29-23)24(2,25)26/h5-6,12,16,19-20,31H,3-4,7-11,13-14H2,1-2H3,(H,27,32)/t19-,20-/m0/s1. The summed E-state index contributed by atoms with van der Waals surface area (Å²) >= 11 is 0. The van der Waals surface area contributed by atoms with Gasteiger partial charge in [0.15, 0.2) is 0 Å². The first-order valence-corrected chi connectivity index (χ1v) is 12.0. The van der Waals surface area contributed by atoms with Crippen molar-refractivity contribution in [1.82, 2.24) is 15.5 Å². The lowest BCUT2D eigenvalue weighted by Crippen LogP contribution is -2.42. The lowest BCUT2D eigenvalue weighted by atomic mass is 9.92. The Morgan fingerprint density at radius 2 is 2.09 bits per heavy atom. The van der Waals surface area contributed by atoms with Gasteiger partial charge in [-0.15, -0.1) is 0 Å². The van der Waals surface area contributed by atoms with E-state index in [-0.39, 0.29) is 18.5 Å². The fourth-order valence-corrected chi connectivity index (χ4v) is 4.41. The van der Waals surface area contributed by atoms with E-state index < -0.39 is 24.0 Å². The van der Waals surface area contributed by atoms with Crippen molar-refractivity contribution in [2.24, 2.45) is 5.92 Å². The van der Waals surface area contributed by atoms with Crippen LogP contribution in [-0.4, -0.2) is 66.2 Å². The van der Waals surface area contributed by atoms with Gasteiger partial charge in [0, 0.05) is 25.6 Å². The number of aryl methyl sites for hydroxylation is 1. The monoisotopic (exact) mass is 494 g/mol. The zero-order chi connectivity index (χ0) is 25.0. The average molecular weight is 495 g/mol. The lowest BCUT2D eigenvalue weighted by Gasteiger charge is -2.30. The molecule has 1 aromatic carbocycles. The van der Waals surface area contributed by atoms with Crippen LogP contribution in [0.1, 0.15) is 54.4 Å². The molecule has 192 valence electrons. The first-order valence-electron chi connectivity index (χ1n) is 12.0. The number of aliphatic hydroxyl groups is 1. The van der Waals surface area contributed by atoms with E-state index in [1.807, 2.05) is 17.9 Å². The van der Waals surface area contributed by atoms with Gasteiger partial charge >= 0.3 is 5.92 Å². The molecular weight excluding hydrogens is 462 g/mol. The van der Waals surface area contributed by atoms with Crippen molar-refractivity contribution in [2.75, 3.05) is 37.8 Å². The summed E-state index contributed by atoms with van der Waals surface area (Å²) in [6.45, 7) is 5.10. The van der Waals surface area contributed by atoms with Gasteiger partial charge in [-0.1, -0.05) is 0 Å². The smallest absolute Gasteiger partial charge is 0.322 e. The van der Waals surface area contributed by atoms with E-state index >= 15 is 0 Å². The van der Waals surface area contributed by atoms with E-state index in [1.54, 1.807) is 12.1 Å². The Hall–Kier alpha value is -2.79. The summed E-state index contributed by atoms with van der Waals surface area (Å²) in [6, 6.07) is 4.96. The van der Waals surface area contributed by atoms with Gasteiger partial charge in [-0.05, 0) is 67.4 Å². The number of amides is 1. The molecule has 0 spiro atoms. The normalized spacial score (nSPS) is 21.3. The summed E-state index contributed by atoms with van der Waals surface area (Å²) in [6.07, 6.45) is 3.06. The molecule has 2 aliphatic rings. The van der Waals surface area contributed by atoms with Crippen molar-refractivity contribution in [2.45, 2.75) is 57.6 Å². The number of hydrogen-bond acceptors (Lipinski definition) is 8. The minimum Gasteiger partial charge on any atom is -0.494 e. The van der Waals surface area contributed by atoms with Gasteiger partial charge < -0.3 is 29.3 Å². The number of rotatable bonds is 9. The van der Waals surface area contributed by atoms with Gasteiger partial charge in [0.05, 0.1) is 32.0 Å². The SMILES string of the molecule is Cc1cc(OCCCC2CCN(c3noc(C(C)(F)F)n3)CC2)ccc1C(=O)N[C@H]1COC[C@@H]1O. The zero-order valence-electron chi connectivity index (χ0n) is 20.0. The second-order valence-corrected chi connectivity index (χ2v) is 9.37. The van der Waals surface area contributed by atoms with Crippen LogP contribution in [0.15, 0.2) is 22.7 Å². The summed E-state index contributed by atoms with van der Waals surface area (Å²) in [5, 5.41) is 16.3. The summed E-state index contributed by atoms with van der Waals surface area (Å²) in [7, 11) is 0. The average Bonchev–Trinajstić information content (AvgIpc) is 3.47. The third-order valence-electron chi connectivity index (χ3n) is 6.52. The molecule has 2 aliphatic heterocycles. The predicted molar refractivity (Wildman–Crippen MR) is 123 cm³/mol. The Morgan fingerprint density at radius 3 is 2.71 bits per heavy atom. The lowest BCUT2D eigenvalue weighted by molar-refractivity contribution is -0.0158.